The molecule has 0 aliphatic rings. The molecule has 0 amide bonds. The van der Waals surface area contributed by atoms with E-state index in [-0.39, 0.29) is 10.5 Å². The van der Waals surface area contributed by atoms with Gasteiger partial charge in [-0.15, -0.1) is 0 Å². The number of ether oxygens (including phenoxy) is 2. The van der Waals surface area contributed by atoms with Crippen molar-refractivity contribution in [3.63, 3.8) is 0 Å². The van der Waals surface area contributed by atoms with Crippen LogP contribution in [0, 0.1) is 36.6 Å². The second kappa shape index (κ2) is 11.4. The van der Waals surface area contributed by atoms with Gasteiger partial charge in [0, 0.05) is 18.4 Å². The van der Waals surface area contributed by atoms with Crippen LogP contribution in [0.4, 0.5) is 8.78 Å². The predicted octanol–water partition coefficient (Wildman–Crippen LogP) is 4.90. The van der Waals surface area contributed by atoms with Gasteiger partial charge in [-0.05, 0) is 55.2 Å². The van der Waals surface area contributed by atoms with E-state index in [9.17, 15) is 28.7 Å². The Morgan fingerprint density at radius 3 is 2.03 bits per heavy atom. The molecule has 1 aromatic heterocycles. The number of hydrogen-bond acceptors (Lipinski definition) is 6. The molecule has 196 valence electrons. The summed E-state index contributed by atoms with van der Waals surface area (Å²) in [5.41, 5.74) is 1.31. The van der Waals surface area contributed by atoms with Gasteiger partial charge in [0.2, 0.25) is 11.5 Å². The minimum absolute atomic E-state index is 0.0576. The average molecular weight is 514 g/mol. The van der Waals surface area contributed by atoms with Crippen molar-refractivity contribution in [2.75, 3.05) is 7.11 Å². The molecule has 2 aromatic carbocycles. The van der Waals surface area contributed by atoms with Crippen molar-refractivity contribution >= 4 is 11.8 Å². The maximum absolute atomic E-state index is 14.4. The molecule has 0 bridgehead atoms. The number of methoxy groups -OCH3 is 1. The summed E-state index contributed by atoms with van der Waals surface area (Å²) in [6.45, 7) is 6.29. The number of aromatic nitrogens is 1. The highest BCUT2D eigenvalue weighted by atomic mass is 19.1. The van der Waals surface area contributed by atoms with Crippen molar-refractivity contribution in [1.82, 2.24) is 0 Å². The number of nitrogens with zero attached hydrogens (tertiary/aromatic N) is 1. The molecule has 3 aromatic rings. The first-order valence-corrected chi connectivity index (χ1v) is 11.7. The quantitative estimate of drug-likeness (QED) is 0.189. The van der Waals surface area contributed by atoms with Crippen molar-refractivity contribution in [3.05, 3.63) is 93.5 Å². The number of hydrogen-bond donors (Lipinski definition) is 1. The van der Waals surface area contributed by atoms with Gasteiger partial charge in [0.05, 0.1) is 13.0 Å². The smallest absolute Gasteiger partial charge is 0.309 e. The Labute approximate surface area is 213 Å². The summed E-state index contributed by atoms with van der Waals surface area (Å²) in [4.78, 5) is 25.7. The fourth-order valence-corrected chi connectivity index (χ4v) is 4.09. The average Bonchev–Trinajstić information content (AvgIpc) is 2.83. The third-order valence-corrected chi connectivity index (χ3v) is 6.30. The first-order valence-electron chi connectivity index (χ1n) is 11.7. The molecule has 0 fully saturated rings. The number of rotatable bonds is 9. The Morgan fingerprint density at radius 2 is 1.54 bits per heavy atom. The zero-order chi connectivity index (χ0) is 27.4. The third-order valence-electron chi connectivity index (χ3n) is 6.30. The summed E-state index contributed by atoms with van der Waals surface area (Å²) >= 11 is 0. The number of Topliss-reactive ketones (excluding diaryl/α,β-unsaturated/α-hetero) is 1. The van der Waals surface area contributed by atoms with Crippen molar-refractivity contribution in [2.24, 2.45) is 5.92 Å². The van der Waals surface area contributed by atoms with Crippen LogP contribution in [-0.4, -0.2) is 30.1 Å². The number of pyridine rings is 1. The lowest BCUT2D eigenvalue weighted by molar-refractivity contribution is -0.608. The number of ketones is 1. The molecule has 0 aliphatic carbocycles. The second-order valence-corrected chi connectivity index (χ2v) is 9.07. The molecule has 0 spiro atoms. The van der Waals surface area contributed by atoms with E-state index in [1.165, 1.54) is 32.2 Å². The Bertz CT molecular complexity index is 1270. The number of carbonyl (C=O) groups is 2. The van der Waals surface area contributed by atoms with E-state index >= 15 is 0 Å². The molecular formula is C28H29F2NO6. The van der Waals surface area contributed by atoms with E-state index < -0.39 is 59.2 Å². The summed E-state index contributed by atoms with van der Waals surface area (Å²) in [6.07, 6.45) is -0.260. The van der Waals surface area contributed by atoms with Gasteiger partial charge in [-0.1, -0.05) is 31.2 Å². The standard InChI is InChI=1S/C28H29F2NO6/c1-15-6-8-19(13-21(15)29)25(20-9-7-16(2)22(30)14-20)18(4)37-28(34)17(3)12-23(32)26-27(33)24(36-5)10-11-31(26)35/h6-11,13-14,17-18,25,33H,12H2,1-5H3/t17-,18+/m1/s1. The molecule has 2 atom stereocenters. The van der Waals surface area contributed by atoms with Crippen LogP contribution in [0.5, 0.6) is 11.5 Å². The van der Waals surface area contributed by atoms with Crippen LogP contribution in [0.3, 0.4) is 0 Å². The summed E-state index contributed by atoms with van der Waals surface area (Å²) in [5.74, 6) is -4.77. The van der Waals surface area contributed by atoms with Crippen LogP contribution in [0.25, 0.3) is 0 Å². The highest BCUT2D eigenvalue weighted by molar-refractivity contribution is 5.98. The van der Waals surface area contributed by atoms with E-state index in [0.29, 0.717) is 22.3 Å². The van der Waals surface area contributed by atoms with Gasteiger partial charge in [-0.25, -0.2) is 8.78 Å². The van der Waals surface area contributed by atoms with Crippen molar-refractivity contribution in [3.8, 4) is 11.5 Å². The minimum Gasteiger partial charge on any atom is -0.618 e. The van der Waals surface area contributed by atoms with Crippen LogP contribution < -0.4 is 9.47 Å². The van der Waals surface area contributed by atoms with Gasteiger partial charge < -0.3 is 19.8 Å². The lowest BCUT2D eigenvalue weighted by Gasteiger charge is -2.27. The lowest BCUT2D eigenvalue weighted by Crippen LogP contribution is -2.35. The maximum Gasteiger partial charge on any atom is 0.309 e. The third kappa shape index (κ3) is 6.04. The normalized spacial score (nSPS) is 12.8. The van der Waals surface area contributed by atoms with E-state index in [0.717, 1.165) is 6.20 Å². The van der Waals surface area contributed by atoms with Gasteiger partial charge >= 0.3 is 11.7 Å². The molecule has 1 N–H and O–H groups in total. The Morgan fingerprint density at radius 1 is 1.00 bits per heavy atom. The van der Waals surface area contributed by atoms with Crippen LogP contribution in [0.15, 0.2) is 48.7 Å². The summed E-state index contributed by atoms with van der Waals surface area (Å²) in [6, 6.07) is 10.4. The van der Waals surface area contributed by atoms with Crippen LogP contribution in [0.1, 0.15) is 58.9 Å². The molecule has 37 heavy (non-hydrogen) atoms. The first kappa shape index (κ1) is 27.6. The van der Waals surface area contributed by atoms with Gasteiger partial charge in [0.1, 0.15) is 17.7 Å². The minimum atomic E-state index is -0.981. The molecule has 0 unspecified atom stereocenters. The van der Waals surface area contributed by atoms with Gasteiger partial charge in [-0.2, -0.15) is 4.73 Å². The molecule has 1 heterocycles. The molecule has 0 radical (unpaired) electrons. The number of benzene rings is 2. The fourth-order valence-electron chi connectivity index (χ4n) is 4.09. The van der Waals surface area contributed by atoms with Gasteiger partial charge in [-0.3, -0.25) is 9.59 Å². The fraction of sp³-hybridized carbons (Fsp3) is 0.321. The summed E-state index contributed by atoms with van der Waals surface area (Å²) in [7, 11) is 1.27. The highest BCUT2D eigenvalue weighted by Gasteiger charge is 2.32. The van der Waals surface area contributed by atoms with Crippen LogP contribution in [-0.2, 0) is 9.53 Å². The number of aromatic hydroxyl groups is 1. The van der Waals surface area contributed by atoms with Crippen LogP contribution in [0.2, 0.25) is 0 Å². The molecule has 0 saturated heterocycles. The van der Waals surface area contributed by atoms with Crippen molar-refractivity contribution in [2.45, 2.75) is 46.1 Å². The zero-order valence-electron chi connectivity index (χ0n) is 21.2. The highest BCUT2D eigenvalue weighted by Crippen LogP contribution is 2.33. The lowest BCUT2D eigenvalue weighted by atomic mass is 9.86. The Kier molecular flexibility index (Phi) is 8.47. The largest absolute Gasteiger partial charge is 0.618 e. The number of aryl methyl sites for hydroxylation is 2. The monoisotopic (exact) mass is 513 g/mol. The number of esters is 1. The Hall–Kier alpha value is -4.01. The molecule has 9 heteroatoms. The van der Waals surface area contributed by atoms with E-state index in [1.54, 1.807) is 45.0 Å². The molecular weight excluding hydrogens is 484 g/mol. The Balaban J connectivity index is 1.84. The predicted molar refractivity (Wildman–Crippen MR) is 131 cm³/mol. The maximum atomic E-state index is 14.4. The SMILES string of the molecule is COc1cc[n+]([O-])c(C(=O)C[C@@H](C)C(=O)O[C@@H](C)C(c2ccc(C)c(F)c2)c2ccc(C)c(F)c2)c1O. The zero-order valence-corrected chi connectivity index (χ0v) is 21.2. The summed E-state index contributed by atoms with van der Waals surface area (Å²) < 4.78 is 39.6. The van der Waals surface area contributed by atoms with Crippen molar-refractivity contribution < 1.29 is 37.7 Å². The number of halogens is 2. The molecule has 0 aliphatic heterocycles. The second-order valence-electron chi connectivity index (χ2n) is 9.07. The van der Waals surface area contributed by atoms with E-state index in [1.807, 2.05) is 0 Å². The first-order chi connectivity index (χ1) is 17.4. The van der Waals surface area contributed by atoms with Crippen molar-refractivity contribution in [1.29, 1.82) is 0 Å². The molecule has 7 nitrogen and oxygen atoms in total. The topological polar surface area (TPSA) is 99.8 Å². The van der Waals surface area contributed by atoms with E-state index in [2.05, 4.69) is 0 Å². The van der Waals surface area contributed by atoms with Gasteiger partial charge in [0.25, 0.3) is 0 Å². The van der Waals surface area contributed by atoms with E-state index in [4.69, 9.17) is 9.47 Å². The number of carbonyl (C=O) groups excluding carboxylic acids is 2. The van der Waals surface area contributed by atoms with Gasteiger partial charge in [0.15, 0.2) is 11.9 Å². The molecule has 3 rings (SSSR count). The van der Waals surface area contributed by atoms with Crippen LogP contribution >= 0.6 is 0 Å². The molecule has 0 saturated carbocycles. The summed E-state index contributed by atoms with van der Waals surface area (Å²) in [5, 5.41) is 22.3.